The van der Waals surface area contributed by atoms with Crippen molar-refractivity contribution in [3.8, 4) is 0 Å². The van der Waals surface area contributed by atoms with Gasteiger partial charge in [-0.3, -0.25) is 14.4 Å². The minimum absolute atomic E-state index is 0.203. The number of hydrogen-bond acceptors (Lipinski definition) is 1. The smallest absolute Gasteiger partial charge is 0.280 e. The molecular weight excluding hydrogens is 288 g/mol. The quantitative estimate of drug-likeness (QED) is 0.517. The number of hydrogen-bond donors (Lipinski definition) is 1. The molecule has 0 heterocycles. The summed E-state index contributed by atoms with van der Waals surface area (Å²) >= 11 is 6.26. The van der Waals surface area contributed by atoms with Crippen LogP contribution in [-0.4, -0.2) is 56.2 Å². The number of benzene rings is 1. The van der Waals surface area contributed by atoms with E-state index in [0.29, 0.717) is 17.5 Å². The lowest BCUT2D eigenvalue weighted by atomic mass is 10.2. The minimum Gasteiger partial charge on any atom is -0.280 e. The number of carbonyl (C=O) groups is 1. The molecule has 1 aromatic carbocycles. The minimum atomic E-state index is -0.203. The van der Waals surface area contributed by atoms with E-state index < -0.39 is 0 Å². The van der Waals surface area contributed by atoms with E-state index in [1.807, 2.05) is 63.6 Å². The monoisotopic (exact) mass is 311 g/mol. The predicted octanol–water partition coefficient (Wildman–Crippen LogP) is 2.37. The summed E-state index contributed by atoms with van der Waals surface area (Å²) in [5.74, 6) is 0.711. The lowest BCUT2D eigenvalue weighted by molar-refractivity contribution is -0.471. The molecule has 0 aliphatic carbocycles. The zero-order chi connectivity index (χ0) is 16.2. The number of guanidine groups is 1. The molecule has 0 fully saturated rings. The Hall–Kier alpha value is -1.75. The third-order valence-electron chi connectivity index (χ3n) is 3.09. The third kappa shape index (κ3) is 4.11. The van der Waals surface area contributed by atoms with Crippen LogP contribution in [0.4, 0.5) is 10.5 Å². The Bertz CT molecular complexity index is 530. The first-order chi connectivity index (χ1) is 9.79. The number of aryl methyl sites for hydroxylation is 1. The van der Waals surface area contributed by atoms with Crippen molar-refractivity contribution in [3.05, 3.63) is 28.8 Å². The van der Waals surface area contributed by atoms with Crippen LogP contribution in [0.25, 0.3) is 0 Å². The van der Waals surface area contributed by atoms with Gasteiger partial charge in [0.05, 0.1) is 38.9 Å². The Kier molecular flexibility index (Phi) is 6.03. The Balaban J connectivity index is 3.11. The van der Waals surface area contributed by atoms with Gasteiger partial charge in [0.2, 0.25) is 0 Å². The average molecular weight is 312 g/mol. The Morgan fingerprint density at radius 3 is 2.38 bits per heavy atom. The molecule has 2 amide bonds. The Morgan fingerprint density at radius 1 is 1.33 bits per heavy atom. The lowest BCUT2D eigenvalue weighted by Crippen LogP contribution is -2.50. The van der Waals surface area contributed by atoms with Gasteiger partial charge in [-0.05, 0) is 25.5 Å². The molecule has 0 atom stereocenters. The van der Waals surface area contributed by atoms with Crippen molar-refractivity contribution in [2.24, 2.45) is 0 Å². The summed E-state index contributed by atoms with van der Waals surface area (Å²) in [5.41, 5.74) is 1.71. The van der Waals surface area contributed by atoms with Gasteiger partial charge in [0.15, 0.2) is 0 Å². The maximum absolute atomic E-state index is 12.6. The van der Waals surface area contributed by atoms with Crippen molar-refractivity contribution in [2.75, 3.05) is 39.6 Å². The standard InChI is InChI=1S/C15H23ClN4O/c1-7-20(13-11(2)9-8-10-12(13)16)15(21)17-14(18(3)4)19(5)6/h8-10H,7H2,1-6H3/p+1. The van der Waals surface area contributed by atoms with E-state index in [1.54, 1.807) is 11.0 Å². The molecule has 116 valence electrons. The van der Waals surface area contributed by atoms with E-state index in [-0.39, 0.29) is 6.03 Å². The molecule has 0 aliphatic heterocycles. The zero-order valence-corrected chi connectivity index (χ0v) is 14.3. The fourth-order valence-electron chi connectivity index (χ4n) is 2.15. The van der Waals surface area contributed by atoms with Crippen LogP contribution < -0.4 is 10.2 Å². The SMILES string of the molecule is CCN(C(=O)NC(N(C)C)=[N+](C)C)c1c(C)cccc1Cl. The van der Waals surface area contributed by atoms with Gasteiger partial charge in [0, 0.05) is 6.54 Å². The van der Waals surface area contributed by atoms with Gasteiger partial charge in [0.25, 0.3) is 0 Å². The number of para-hydroxylation sites is 1. The second-order valence-electron chi connectivity index (χ2n) is 5.19. The average Bonchev–Trinajstić information content (AvgIpc) is 2.39. The lowest BCUT2D eigenvalue weighted by Gasteiger charge is -2.23. The molecule has 21 heavy (non-hydrogen) atoms. The largest absolute Gasteiger partial charge is 0.386 e. The van der Waals surface area contributed by atoms with Crippen molar-refractivity contribution >= 4 is 29.3 Å². The number of nitrogens with one attached hydrogen (secondary N) is 1. The molecule has 1 aromatic rings. The van der Waals surface area contributed by atoms with Gasteiger partial charge in [0.1, 0.15) is 0 Å². The van der Waals surface area contributed by atoms with E-state index in [2.05, 4.69) is 5.32 Å². The first kappa shape index (κ1) is 17.3. The van der Waals surface area contributed by atoms with Crippen LogP contribution in [0.1, 0.15) is 12.5 Å². The topological polar surface area (TPSA) is 38.6 Å². The molecule has 5 nitrogen and oxygen atoms in total. The van der Waals surface area contributed by atoms with E-state index in [9.17, 15) is 4.79 Å². The Labute approximate surface area is 131 Å². The molecule has 0 radical (unpaired) electrons. The van der Waals surface area contributed by atoms with Crippen LogP contribution in [0.2, 0.25) is 5.02 Å². The van der Waals surface area contributed by atoms with Crippen LogP contribution in [0, 0.1) is 6.92 Å². The number of amides is 2. The van der Waals surface area contributed by atoms with Crippen LogP contribution in [0.15, 0.2) is 18.2 Å². The molecule has 0 bridgehead atoms. The van der Waals surface area contributed by atoms with Crippen molar-refractivity contribution in [3.63, 3.8) is 0 Å². The van der Waals surface area contributed by atoms with Gasteiger partial charge < -0.3 is 0 Å². The fraction of sp³-hybridized carbons (Fsp3) is 0.467. The summed E-state index contributed by atoms with van der Waals surface area (Å²) in [6.45, 7) is 4.40. The Morgan fingerprint density at radius 2 is 1.95 bits per heavy atom. The number of urea groups is 1. The normalized spacial score (nSPS) is 10.0. The van der Waals surface area contributed by atoms with Gasteiger partial charge in [-0.1, -0.05) is 23.7 Å². The molecule has 0 unspecified atom stereocenters. The van der Waals surface area contributed by atoms with Crippen LogP contribution >= 0.6 is 11.6 Å². The maximum Gasteiger partial charge on any atom is 0.386 e. The number of halogens is 1. The van der Waals surface area contributed by atoms with Crippen LogP contribution in [0.3, 0.4) is 0 Å². The first-order valence-electron chi connectivity index (χ1n) is 6.84. The van der Waals surface area contributed by atoms with Crippen molar-refractivity contribution in [1.82, 2.24) is 10.2 Å². The van der Waals surface area contributed by atoms with Crippen molar-refractivity contribution in [2.45, 2.75) is 13.8 Å². The van der Waals surface area contributed by atoms with Crippen LogP contribution in [-0.2, 0) is 0 Å². The molecule has 0 aromatic heterocycles. The molecule has 0 saturated carbocycles. The number of carbonyl (C=O) groups excluding carboxylic acids is 1. The predicted molar refractivity (Wildman–Crippen MR) is 88.5 cm³/mol. The van der Waals surface area contributed by atoms with Gasteiger partial charge in [-0.15, -0.1) is 0 Å². The van der Waals surface area contributed by atoms with Crippen molar-refractivity contribution < 1.29 is 9.37 Å². The van der Waals surface area contributed by atoms with Gasteiger partial charge >= 0.3 is 12.0 Å². The highest BCUT2D eigenvalue weighted by Gasteiger charge is 2.24. The first-order valence-corrected chi connectivity index (χ1v) is 7.22. The van der Waals surface area contributed by atoms with E-state index in [1.165, 1.54) is 0 Å². The van der Waals surface area contributed by atoms with E-state index >= 15 is 0 Å². The summed E-state index contributed by atoms with van der Waals surface area (Å²) in [7, 11) is 7.53. The highest BCUT2D eigenvalue weighted by atomic mass is 35.5. The molecule has 0 spiro atoms. The third-order valence-corrected chi connectivity index (χ3v) is 3.39. The maximum atomic E-state index is 12.6. The van der Waals surface area contributed by atoms with E-state index in [0.717, 1.165) is 11.3 Å². The van der Waals surface area contributed by atoms with E-state index in [4.69, 9.17) is 11.6 Å². The zero-order valence-electron chi connectivity index (χ0n) is 13.6. The molecule has 1 N–H and O–H groups in total. The van der Waals surface area contributed by atoms with Gasteiger partial charge in [-0.2, -0.15) is 5.32 Å². The van der Waals surface area contributed by atoms with Crippen LogP contribution in [0.5, 0.6) is 0 Å². The summed E-state index contributed by atoms with van der Waals surface area (Å²) in [5, 5.41) is 3.49. The molecular formula is C15H24ClN4O+. The summed E-state index contributed by atoms with van der Waals surface area (Å²) in [6.07, 6.45) is 0. The molecule has 0 saturated heterocycles. The second kappa shape index (κ2) is 7.31. The summed E-state index contributed by atoms with van der Waals surface area (Å²) < 4.78 is 1.85. The fourth-order valence-corrected chi connectivity index (χ4v) is 2.48. The highest BCUT2D eigenvalue weighted by molar-refractivity contribution is 6.34. The summed E-state index contributed by atoms with van der Waals surface area (Å²) in [6, 6.07) is 5.41. The van der Waals surface area contributed by atoms with Gasteiger partial charge in [-0.25, -0.2) is 4.79 Å². The second-order valence-corrected chi connectivity index (χ2v) is 5.60. The molecule has 0 aliphatic rings. The number of anilines is 1. The van der Waals surface area contributed by atoms with Crippen molar-refractivity contribution in [1.29, 1.82) is 0 Å². The summed E-state index contributed by atoms with van der Waals surface area (Å²) in [4.78, 5) is 16.1. The highest BCUT2D eigenvalue weighted by Crippen LogP contribution is 2.29. The number of rotatable bonds is 2. The number of nitrogens with zero attached hydrogens (tertiary/aromatic N) is 3. The molecule has 1 rings (SSSR count). The molecule has 6 heteroatoms.